The van der Waals surface area contributed by atoms with Gasteiger partial charge in [-0.15, -0.1) is 11.8 Å². The third-order valence-electron chi connectivity index (χ3n) is 1.86. The highest BCUT2D eigenvalue weighted by molar-refractivity contribution is 6.29. The number of nitrogens with zero attached hydrogens (tertiary/aromatic N) is 1. The minimum absolute atomic E-state index is 0.243. The van der Waals surface area contributed by atoms with Crippen molar-refractivity contribution >= 4 is 23.2 Å². The largest absolute Gasteiger partial charge is 0.397 e. The molecule has 0 atom stereocenters. The van der Waals surface area contributed by atoms with E-state index in [1.165, 1.54) is 12.3 Å². The summed E-state index contributed by atoms with van der Waals surface area (Å²) in [6.45, 7) is 2.24. The monoisotopic (exact) mass is 237 g/mol. The Morgan fingerprint density at radius 1 is 1.69 bits per heavy atom. The Balaban J connectivity index is 2.64. The molecule has 1 aromatic heterocycles. The lowest BCUT2D eigenvalue weighted by atomic mass is 10.2. The molecule has 3 N–H and O–H groups in total. The molecular formula is C11H12ClN3O. The van der Waals surface area contributed by atoms with E-state index in [2.05, 4.69) is 22.1 Å². The van der Waals surface area contributed by atoms with Gasteiger partial charge in [-0.1, -0.05) is 11.6 Å². The highest BCUT2D eigenvalue weighted by atomic mass is 35.5. The first-order chi connectivity index (χ1) is 7.65. The van der Waals surface area contributed by atoms with Gasteiger partial charge in [0.25, 0.3) is 5.91 Å². The molecule has 0 saturated heterocycles. The maximum Gasteiger partial charge on any atom is 0.253 e. The molecule has 1 aromatic rings. The van der Waals surface area contributed by atoms with Gasteiger partial charge < -0.3 is 11.1 Å². The first-order valence-electron chi connectivity index (χ1n) is 4.74. The molecule has 0 bridgehead atoms. The van der Waals surface area contributed by atoms with Crippen LogP contribution < -0.4 is 11.1 Å². The van der Waals surface area contributed by atoms with E-state index < -0.39 is 0 Å². The van der Waals surface area contributed by atoms with Crippen LogP contribution >= 0.6 is 11.6 Å². The zero-order valence-electron chi connectivity index (χ0n) is 8.88. The van der Waals surface area contributed by atoms with Crippen molar-refractivity contribution in [3.63, 3.8) is 0 Å². The molecule has 1 heterocycles. The Morgan fingerprint density at radius 3 is 3.12 bits per heavy atom. The minimum Gasteiger partial charge on any atom is -0.397 e. The van der Waals surface area contributed by atoms with Crippen LogP contribution in [0.25, 0.3) is 0 Å². The number of rotatable bonds is 3. The molecule has 0 aliphatic carbocycles. The molecule has 0 aromatic carbocycles. The standard InChI is InChI=1S/C11H12ClN3O/c1-2-3-4-5-14-11(16)8-6-10(12)15-7-9(8)13/h6-7H,4-5,13H2,1H3,(H,14,16). The number of carbonyl (C=O) groups is 1. The summed E-state index contributed by atoms with van der Waals surface area (Å²) in [7, 11) is 0. The van der Waals surface area contributed by atoms with E-state index in [4.69, 9.17) is 17.3 Å². The van der Waals surface area contributed by atoms with Gasteiger partial charge in [-0.2, -0.15) is 0 Å². The van der Waals surface area contributed by atoms with Gasteiger partial charge in [0.1, 0.15) is 5.15 Å². The lowest BCUT2D eigenvalue weighted by Crippen LogP contribution is -2.25. The number of carbonyl (C=O) groups excluding carboxylic acids is 1. The van der Waals surface area contributed by atoms with Crippen LogP contribution in [0, 0.1) is 11.8 Å². The number of aromatic nitrogens is 1. The summed E-state index contributed by atoms with van der Waals surface area (Å²) in [6, 6.07) is 1.44. The SMILES string of the molecule is CC#CCCNC(=O)c1cc(Cl)ncc1N. The average molecular weight is 238 g/mol. The summed E-state index contributed by atoms with van der Waals surface area (Å²) in [5.41, 5.74) is 6.26. The molecule has 0 saturated carbocycles. The summed E-state index contributed by atoms with van der Waals surface area (Å²) < 4.78 is 0. The third-order valence-corrected chi connectivity index (χ3v) is 2.07. The Bertz CT molecular complexity index is 448. The van der Waals surface area contributed by atoms with Crippen molar-refractivity contribution < 1.29 is 4.79 Å². The number of pyridine rings is 1. The van der Waals surface area contributed by atoms with E-state index in [0.29, 0.717) is 24.2 Å². The molecule has 0 aliphatic rings. The molecule has 0 spiro atoms. The smallest absolute Gasteiger partial charge is 0.253 e. The number of halogens is 1. The summed E-state index contributed by atoms with van der Waals surface area (Å²) >= 11 is 5.68. The van der Waals surface area contributed by atoms with Crippen LogP contribution in [0.15, 0.2) is 12.3 Å². The van der Waals surface area contributed by atoms with Crippen LogP contribution in [0.4, 0.5) is 5.69 Å². The molecule has 4 nitrogen and oxygen atoms in total. The predicted molar refractivity (Wildman–Crippen MR) is 64.1 cm³/mol. The van der Waals surface area contributed by atoms with Crippen LogP contribution in [0.3, 0.4) is 0 Å². The first-order valence-corrected chi connectivity index (χ1v) is 5.11. The number of nitrogen functional groups attached to an aromatic ring is 1. The van der Waals surface area contributed by atoms with Crippen molar-refractivity contribution in [2.75, 3.05) is 12.3 Å². The second kappa shape index (κ2) is 5.99. The number of nitrogens with one attached hydrogen (secondary N) is 1. The van der Waals surface area contributed by atoms with Crippen molar-refractivity contribution in [3.8, 4) is 11.8 Å². The number of nitrogens with two attached hydrogens (primary N) is 1. The van der Waals surface area contributed by atoms with Gasteiger partial charge in [-0.3, -0.25) is 4.79 Å². The van der Waals surface area contributed by atoms with Gasteiger partial charge in [0.15, 0.2) is 0 Å². The molecule has 0 radical (unpaired) electrons. The van der Waals surface area contributed by atoms with Crippen molar-refractivity contribution in [3.05, 3.63) is 23.0 Å². The van der Waals surface area contributed by atoms with Gasteiger partial charge in [0, 0.05) is 13.0 Å². The lowest BCUT2D eigenvalue weighted by molar-refractivity contribution is 0.0955. The normalized spacial score (nSPS) is 9.12. The van der Waals surface area contributed by atoms with Crippen molar-refractivity contribution in [2.24, 2.45) is 0 Å². The van der Waals surface area contributed by atoms with E-state index in [1.807, 2.05) is 0 Å². The number of anilines is 1. The average Bonchev–Trinajstić information content (AvgIpc) is 2.27. The summed E-state index contributed by atoms with van der Waals surface area (Å²) in [6.07, 6.45) is 1.98. The fraction of sp³-hybridized carbons (Fsp3) is 0.273. The molecular weight excluding hydrogens is 226 g/mol. The quantitative estimate of drug-likeness (QED) is 0.475. The molecule has 5 heteroatoms. The van der Waals surface area contributed by atoms with Gasteiger partial charge >= 0.3 is 0 Å². The second-order valence-electron chi connectivity index (χ2n) is 3.03. The Labute approximate surface area is 99.2 Å². The third kappa shape index (κ3) is 3.44. The van der Waals surface area contributed by atoms with Gasteiger partial charge in [-0.05, 0) is 13.0 Å². The molecule has 1 amide bonds. The van der Waals surface area contributed by atoms with Crippen LogP contribution in [0.1, 0.15) is 23.7 Å². The Hall–Kier alpha value is -1.73. The summed E-state index contributed by atoms with van der Waals surface area (Å²) in [5, 5.41) is 2.94. The van der Waals surface area contributed by atoms with E-state index >= 15 is 0 Å². The zero-order valence-corrected chi connectivity index (χ0v) is 9.64. The molecule has 16 heavy (non-hydrogen) atoms. The van der Waals surface area contributed by atoms with E-state index in [1.54, 1.807) is 6.92 Å². The highest BCUT2D eigenvalue weighted by Crippen LogP contribution is 2.14. The summed E-state index contributed by atoms with van der Waals surface area (Å²) in [5.74, 6) is 5.33. The van der Waals surface area contributed by atoms with Crippen molar-refractivity contribution in [1.82, 2.24) is 10.3 Å². The van der Waals surface area contributed by atoms with Gasteiger partial charge in [-0.25, -0.2) is 4.98 Å². The highest BCUT2D eigenvalue weighted by Gasteiger charge is 2.09. The van der Waals surface area contributed by atoms with Crippen LogP contribution in [-0.2, 0) is 0 Å². The Morgan fingerprint density at radius 2 is 2.44 bits per heavy atom. The maximum absolute atomic E-state index is 11.7. The van der Waals surface area contributed by atoms with Crippen LogP contribution in [-0.4, -0.2) is 17.4 Å². The van der Waals surface area contributed by atoms with Crippen molar-refractivity contribution in [1.29, 1.82) is 0 Å². The predicted octanol–water partition coefficient (Wildman–Crippen LogP) is 1.46. The lowest BCUT2D eigenvalue weighted by Gasteiger charge is -2.05. The van der Waals surface area contributed by atoms with Gasteiger partial charge in [0.2, 0.25) is 0 Å². The number of hydrogen-bond donors (Lipinski definition) is 2. The van der Waals surface area contributed by atoms with Crippen molar-refractivity contribution in [2.45, 2.75) is 13.3 Å². The molecule has 1 rings (SSSR count). The fourth-order valence-corrected chi connectivity index (χ4v) is 1.25. The first kappa shape index (κ1) is 12.3. The van der Waals surface area contributed by atoms with Crippen LogP contribution in [0.5, 0.6) is 0 Å². The molecule has 0 aliphatic heterocycles. The Kier molecular flexibility index (Phi) is 4.62. The molecule has 0 unspecified atom stereocenters. The zero-order chi connectivity index (χ0) is 12.0. The van der Waals surface area contributed by atoms with Gasteiger partial charge in [0.05, 0.1) is 17.4 Å². The molecule has 0 fully saturated rings. The van der Waals surface area contributed by atoms with E-state index in [9.17, 15) is 4.79 Å². The fourth-order valence-electron chi connectivity index (χ4n) is 1.10. The van der Waals surface area contributed by atoms with Crippen LogP contribution in [0.2, 0.25) is 5.15 Å². The minimum atomic E-state index is -0.264. The number of amides is 1. The van der Waals surface area contributed by atoms with E-state index in [0.717, 1.165) is 0 Å². The summed E-state index contributed by atoms with van der Waals surface area (Å²) in [4.78, 5) is 15.4. The second-order valence-corrected chi connectivity index (χ2v) is 3.41. The number of hydrogen-bond acceptors (Lipinski definition) is 3. The molecule has 84 valence electrons. The maximum atomic E-state index is 11.7. The topological polar surface area (TPSA) is 68.0 Å². The van der Waals surface area contributed by atoms with E-state index in [-0.39, 0.29) is 11.1 Å².